The molecule has 88 valence electrons. The van der Waals surface area contributed by atoms with Crippen molar-refractivity contribution in [3.8, 4) is 0 Å². The Bertz CT molecular complexity index is 371. The van der Waals surface area contributed by atoms with Crippen LogP contribution in [0.2, 0.25) is 0 Å². The lowest BCUT2D eigenvalue weighted by atomic mass is 10.3. The molecule has 0 saturated heterocycles. The molecule has 0 fully saturated rings. The number of esters is 1. The fourth-order valence-corrected chi connectivity index (χ4v) is 2.60. The average molecular weight is 304 g/mol. The van der Waals surface area contributed by atoms with E-state index in [1.54, 1.807) is 11.8 Å². The molecule has 1 rings (SSSR count). The Kier molecular flexibility index (Phi) is 5.69. The molecule has 0 aliphatic heterocycles. The third-order valence-electron chi connectivity index (χ3n) is 1.99. The van der Waals surface area contributed by atoms with Gasteiger partial charge in [0.15, 0.2) is 0 Å². The molecule has 0 saturated carbocycles. The molecule has 0 aliphatic rings. The molecule has 1 aromatic carbocycles. The number of methoxy groups -OCH3 is 1. The lowest BCUT2D eigenvalue weighted by Gasteiger charge is -2.05. The number of hydrogen-bond acceptors (Lipinski definition) is 4. The van der Waals surface area contributed by atoms with Crippen LogP contribution in [0.4, 0.5) is 5.69 Å². The monoisotopic (exact) mass is 303 g/mol. The number of carbonyl (C=O) groups excluding carboxylic acids is 1. The first kappa shape index (κ1) is 13.4. The number of anilines is 1. The van der Waals surface area contributed by atoms with Crippen molar-refractivity contribution in [1.29, 1.82) is 0 Å². The summed E-state index contributed by atoms with van der Waals surface area (Å²) in [6.07, 6.45) is 1.25. The molecule has 0 atom stereocenters. The van der Waals surface area contributed by atoms with Gasteiger partial charge in [0.2, 0.25) is 0 Å². The van der Waals surface area contributed by atoms with Crippen LogP contribution in [0.3, 0.4) is 0 Å². The van der Waals surface area contributed by atoms with E-state index in [0.717, 1.165) is 27.2 Å². The summed E-state index contributed by atoms with van der Waals surface area (Å²) in [6.45, 7) is 0. The summed E-state index contributed by atoms with van der Waals surface area (Å²) >= 11 is 5.05. The van der Waals surface area contributed by atoms with Gasteiger partial charge in [-0.3, -0.25) is 4.79 Å². The van der Waals surface area contributed by atoms with E-state index in [-0.39, 0.29) is 5.97 Å². The Morgan fingerprint density at radius 3 is 3.00 bits per heavy atom. The summed E-state index contributed by atoms with van der Waals surface area (Å²) in [7, 11) is 1.40. The highest BCUT2D eigenvalue weighted by Crippen LogP contribution is 2.28. The molecule has 0 aromatic heterocycles. The summed E-state index contributed by atoms with van der Waals surface area (Å²) in [6, 6.07) is 5.76. The molecular weight excluding hydrogens is 290 g/mol. The van der Waals surface area contributed by atoms with Gasteiger partial charge in [-0.05, 0) is 30.4 Å². The highest BCUT2D eigenvalue weighted by molar-refractivity contribution is 9.10. The van der Waals surface area contributed by atoms with E-state index in [1.807, 2.05) is 18.2 Å². The number of rotatable bonds is 5. The first-order valence-electron chi connectivity index (χ1n) is 4.88. The minimum Gasteiger partial charge on any atom is -0.469 e. The van der Waals surface area contributed by atoms with Crippen molar-refractivity contribution in [2.45, 2.75) is 17.7 Å². The van der Waals surface area contributed by atoms with Gasteiger partial charge in [-0.25, -0.2) is 0 Å². The summed E-state index contributed by atoms with van der Waals surface area (Å²) in [5.41, 5.74) is 6.59. The van der Waals surface area contributed by atoms with Crippen molar-refractivity contribution in [2.24, 2.45) is 0 Å². The largest absolute Gasteiger partial charge is 0.469 e. The van der Waals surface area contributed by atoms with Crippen LogP contribution in [-0.2, 0) is 9.53 Å². The second-order valence-electron chi connectivity index (χ2n) is 3.21. The fraction of sp³-hybridized carbons (Fsp3) is 0.364. The number of nitrogens with two attached hydrogens (primary N) is 1. The molecule has 0 bridgehead atoms. The fourth-order valence-electron chi connectivity index (χ4n) is 1.13. The molecule has 2 N–H and O–H groups in total. The normalized spacial score (nSPS) is 10.1. The second kappa shape index (κ2) is 6.81. The lowest BCUT2D eigenvalue weighted by molar-refractivity contribution is -0.140. The molecule has 0 unspecified atom stereocenters. The van der Waals surface area contributed by atoms with Crippen molar-refractivity contribution in [3.05, 3.63) is 22.7 Å². The van der Waals surface area contributed by atoms with Crippen LogP contribution in [-0.4, -0.2) is 18.8 Å². The van der Waals surface area contributed by atoms with Crippen LogP contribution in [0, 0.1) is 0 Å². The number of hydrogen-bond donors (Lipinski definition) is 1. The van der Waals surface area contributed by atoms with E-state index in [4.69, 9.17) is 5.73 Å². The maximum absolute atomic E-state index is 10.9. The number of thioether (sulfide) groups is 1. The third-order valence-corrected chi connectivity index (χ3v) is 3.64. The number of carbonyl (C=O) groups is 1. The number of halogens is 1. The zero-order chi connectivity index (χ0) is 12.0. The molecule has 0 heterocycles. The summed E-state index contributed by atoms with van der Waals surface area (Å²) in [4.78, 5) is 11.9. The van der Waals surface area contributed by atoms with E-state index in [1.165, 1.54) is 7.11 Å². The van der Waals surface area contributed by atoms with Gasteiger partial charge in [0.05, 0.1) is 7.11 Å². The number of nitrogen functional groups attached to an aromatic ring is 1. The molecular formula is C11H14BrNO2S. The lowest BCUT2D eigenvalue weighted by Crippen LogP contribution is -2.00. The van der Waals surface area contributed by atoms with Gasteiger partial charge in [-0.1, -0.05) is 15.9 Å². The Hall–Kier alpha value is -0.680. The topological polar surface area (TPSA) is 52.3 Å². The zero-order valence-electron chi connectivity index (χ0n) is 9.03. The highest BCUT2D eigenvalue weighted by Gasteiger charge is 2.03. The third kappa shape index (κ3) is 4.45. The molecule has 3 nitrogen and oxygen atoms in total. The van der Waals surface area contributed by atoms with Gasteiger partial charge < -0.3 is 10.5 Å². The molecule has 0 spiro atoms. The summed E-state index contributed by atoms with van der Waals surface area (Å²) in [5, 5.41) is 0. The van der Waals surface area contributed by atoms with Crippen LogP contribution in [0.5, 0.6) is 0 Å². The van der Waals surface area contributed by atoms with E-state index in [0.29, 0.717) is 6.42 Å². The van der Waals surface area contributed by atoms with E-state index < -0.39 is 0 Å². The summed E-state index contributed by atoms with van der Waals surface area (Å²) < 4.78 is 5.58. The van der Waals surface area contributed by atoms with Gasteiger partial charge in [0.1, 0.15) is 0 Å². The van der Waals surface area contributed by atoms with E-state index in [2.05, 4.69) is 20.7 Å². The smallest absolute Gasteiger partial charge is 0.305 e. The predicted octanol–water partition coefficient (Wildman–Crippen LogP) is 3.08. The zero-order valence-corrected chi connectivity index (χ0v) is 11.4. The Morgan fingerprint density at radius 2 is 2.31 bits per heavy atom. The van der Waals surface area contributed by atoms with Gasteiger partial charge in [0.25, 0.3) is 0 Å². The van der Waals surface area contributed by atoms with Crippen LogP contribution in [0.1, 0.15) is 12.8 Å². The van der Waals surface area contributed by atoms with Gasteiger partial charge in [0, 0.05) is 21.5 Å². The van der Waals surface area contributed by atoms with E-state index >= 15 is 0 Å². The molecule has 0 radical (unpaired) electrons. The van der Waals surface area contributed by atoms with Crippen molar-refractivity contribution in [1.82, 2.24) is 0 Å². The maximum Gasteiger partial charge on any atom is 0.305 e. The molecule has 0 aliphatic carbocycles. The van der Waals surface area contributed by atoms with Gasteiger partial charge in [-0.2, -0.15) is 0 Å². The van der Waals surface area contributed by atoms with E-state index in [9.17, 15) is 4.79 Å². The highest BCUT2D eigenvalue weighted by atomic mass is 79.9. The Morgan fingerprint density at radius 1 is 1.56 bits per heavy atom. The minimum atomic E-state index is -0.164. The van der Waals surface area contributed by atoms with Crippen LogP contribution < -0.4 is 5.73 Å². The standard InChI is InChI=1S/C11H14BrNO2S/c1-15-11(14)3-2-6-16-10-7-8(12)4-5-9(10)13/h4-5,7H,2-3,6,13H2,1H3. The molecule has 1 aromatic rings. The average Bonchev–Trinajstić information content (AvgIpc) is 2.28. The molecule has 5 heteroatoms. The SMILES string of the molecule is COC(=O)CCCSc1cc(Br)ccc1N. The van der Waals surface area contributed by atoms with Crippen LogP contribution in [0.15, 0.2) is 27.6 Å². The maximum atomic E-state index is 10.9. The van der Waals surface area contributed by atoms with Crippen molar-refractivity contribution >= 4 is 39.3 Å². The molecule has 16 heavy (non-hydrogen) atoms. The molecule has 0 amide bonds. The Balaban J connectivity index is 2.37. The van der Waals surface area contributed by atoms with Crippen molar-refractivity contribution in [2.75, 3.05) is 18.6 Å². The van der Waals surface area contributed by atoms with Crippen molar-refractivity contribution < 1.29 is 9.53 Å². The van der Waals surface area contributed by atoms with Gasteiger partial charge >= 0.3 is 5.97 Å². The first-order valence-corrected chi connectivity index (χ1v) is 6.66. The predicted molar refractivity (Wildman–Crippen MR) is 70.5 cm³/mol. The summed E-state index contributed by atoms with van der Waals surface area (Å²) in [5.74, 6) is 0.693. The number of ether oxygens (including phenoxy) is 1. The minimum absolute atomic E-state index is 0.164. The quantitative estimate of drug-likeness (QED) is 0.393. The van der Waals surface area contributed by atoms with Crippen LogP contribution in [0.25, 0.3) is 0 Å². The first-order chi connectivity index (χ1) is 7.63. The van der Waals surface area contributed by atoms with Crippen LogP contribution >= 0.6 is 27.7 Å². The number of benzene rings is 1. The van der Waals surface area contributed by atoms with Crippen molar-refractivity contribution in [3.63, 3.8) is 0 Å². The van der Waals surface area contributed by atoms with Gasteiger partial charge in [-0.15, -0.1) is 11.8 Å². The second-order valence-corrected chi connectivity index (χ2v) is 5.26. The Labute approximate surface area is 108 Å².